The first kappa shape index (κ1) is 31.7. The van der Waals surface area contributed by atoms with Crippen molar-refractivity contribution in [3.63, 3.8) is 0 Å². The van der Waals surface area contributed by atoms with E-state index in [1.807, 2.05) is 47.2 Å². The van der Waals surface area contributed by atoms with Crippen LogP contribution in [0.5, 0.6) is 0 Å². The minimum absolute atomic E-state index is 0. The van der Waals surface area contributed by atoms with Gasteiger partial charge in [0.05, 0.1) is 30.4 Å². The fourth-order valence-corrected chi connectivity index (χ4v) is 9.70. The second kappa shape index (κ2) is 15.8. The maximum absolute atomic E-state index is 9.11. The summed E-state index contributed by atoms with van der Waals surface area (Å²) in [7, 11) is 0. The van der Waals surface area contributed by atoms with Crippen molar-refractivity contribution in [2.45, 2.75) is 45.4 Å². The topological polar surface area (TPSA) is 26.6 Å². The molecule has 1 aliphatic carbocycles. The number of aromatic nitrogens is 4. The number of hydrogen-bond acceptors (Lipinski definition) is 1. The number of hydrogen-bond donors (Lipinski definition) is 0. The predicted molar refractivity (Wildman–Crippen MR) is 266 cm³/mol. The van der Waals surface area contributed by atoms with E-state index in [0.717, 1.165) is 61.0 Å². The van der Waals surface area contributed by atoms with Crippen LogP contribution in [-0.2, 0) is 31.9 Å². The number of nitrogens with zero attached hydrogens (tertiary/aromatic N) is 4. The number of rotatable bonds is 6. The van der Waals surface area contributed by atoms with Gasteiger partial charge in [-0.2, -0.15) is 5.56 Å². The molecule has 8 aromatic carbocycles. The number of benzene rings is 8. The van der Waals surface area contributed by atoms with Crippen LogP contribution in [-0.4, -0.2) is 14.1 Å². The minimum Gasteiger partial charge on any atom is -0.313 e. The molecule has 0 amide bonds. The van der Waals surface area contributed by atoms with Crippen LogP contribution in [0.4, 0.5) is 0 Å². The summed E-state index contributed by atoms with van der Waals surface area (Å²) in [5, 5.41) is 2.16. The summed E-state index contributed by atoms with van der Waals surface area (Å²) in [6.45, 7) is 11.0. The summed E-state index contributed by atoms with van der Waals surface area (Å²) in [5.41, 5.74) is 10.8. The second-order valence-electron chi connectivity index (χ2n) is 18.1. The monoisotopic (exact) mass is 1040 g/mol. The molecule has 0 bridgehead atoms. The normalized spacial score (nSPS) is 15.0. The predicted octanol–water partition coefficient (Wildman–Crippen LogP) is 14.4. The Bertz CT molecular complexity index is 4140. The Morgan fingerprint density at radius 3 is 2.03 bits per heavy atom. The van der Waals surface area contributed by atoms with Gasteiger partial charge in [0, 0.05) is 32.8 Å². The van der Waals surface area contributed by atoms with E-state index in [-0.39, 0.29) is 54.4 Å². The Kier molecular flexibility index (Phi) is 7.58. The van der Waals surface area contributed by atoms with E-state index >= 15 is 0 Å². The van der Waals surface area contributed by atoms with Crippen molar-refractivity contribution in [2.24, 2.45) is 0 Å². The van der Waals surface area contributed by atoms with Crippen LogP contribution in [0.1, 0.15) is 65.0 Å². The van der Waals surface area contributed by atoms with Crippen molar-refractivity contribution < 1.29 is 39.3 Å². The van der Waals surface area contributed by atoms with Crippen molar-refractivity contribution in [3.05, 3.63) is 223 Å². The maximum atomic E-state index is 9.11. The van der Waals surface area contributed by atoms with Gasteiger partial charge in [-0.1, -0.05) is 179 Å². The van der Waals surface area contributed by atoms with E-state index in [4.69, 9.17) is 18.7 Å². The Morgan fingerprint density at radius 1 is 0.636 bits per heavy atom. The average Bonchev–Trinajstić information content (AvgIpc) is 4.05. The number of pyridine rings is 1. The van der Waals surface area contributed by atoms with Crippen molar-refractivity contribution >= 4 is 32.8 Å². The summed E-state index contributed by atoms with van der Waals surface area (Å²) in [6, 6.07) is 42.4. The standard InChI is InChI=1S/C61H46N4.Pt/c1-60(2,3)43-34-35-62-57(37-43)65-53-27-13-12-22-48(53)49-32-30-42(36-56(49)65)45-23-17-26-52-58(45)50-38-44(31-33-51(50)61(52,4)5)63-39-64(55-29-15-14-28-54(55)63)59-46(40-18-8-6-9-19-40)24-16-25-47(59)41-20-10-7-11-21-41;/h6-35,37H,1-5H3;/q-2;/i6D,7D,8D,9D,10D,11D,18D,19D,20D,21D;. The largest absolute Gasteiger partial charge is 0.313 e. The molecule has 0 N–H and O–H groups in total. The van der Waals surface area contributed by atoms with Crippen LogP contribution >= 0.6 is 0 Å². The van der Waals surface area contributed by atoms with E-state index in [1.54, 1.807) is 22.8 Å². The van der Waals surface area contributed by atoms with Crippen LogP contribution in [0.15, 0.2) is 188 Å². The van der Waals surface area contributed by atoms with E-state index < -0.39 is 65.8 Å². The number of fused-ring (bicyclic) bond motifs is 7. The molecule has 1 aliphatic rings. The van der Waals surface area contributed by atoms with Crippen LogP contribution in [0.2, 0.25) is 0 Å². The third-order valence-electron chi connectivity index (χ3n) is 12.9. The fraction of sp³-hybridized carbons (Fsp3) is 0.115. The smallest absolute Gasteiger partial charge is 0.268 e. The molecule has 4 nitrogen and oxygen atoms in total. The molecule has 0 spiro atoms. The summed E-state index contributed by atoms with van der Waals surface area (Å²) >= 11 is 0. The van der Waals surface area contributed by atoms with Gasteiger partial charge >= 0.3 is 0 Å². The zero-order chi connectivity index (χ0) is 52.7. The molecule has 3 aromatic heterocycles. The van der Waals surface area contributed by atoms with Crippen LogP contribution in [0.3, 0.4) is 0 Å². The van der Waals surface area contributed by atoms with E-state index in [9.17, 15) is 0 Å². The zero-order valence-electron chi connectivity index (χ0n) is 46.7. The molecule has 3 heterocycles. The molecular formula is C61H46N4Pt-2. The Labute approximate surface area is 414 Å². The average molecular weight is 1040 g/mol. The van der Waals surface area contributed by atoms with Gasteiger partial charge in [-0.15, -0.1) is 64.7 Å². The molecule has 12 rings (SSSR count). The van der Waals surface area contributed by atoms with Gasteiger partial charge in [-0.05, 0) is 73.4 Å². The molecule has 0 fully saturated rings. The van der Waals surface area contributed by atoms with E-state index in [1.165, 1.54) is 5.56 Å². The molecule has 0 unspecified atom stereocenters. The Morgan fingerprint density at radius 2 is 1.30 bits per heavy atom. The molecule has 5 heteroatoms. The molecule has 0 atom stereocenters. The molecular weight excluding hydrogens is 984 g/mol. The number of para-hydroxylation sites is 4. The first-order valence-corrected chi connectivity index (χ1v) is 21.7. The van der Waals surface area contributed by atoms with Gasteiger partial charge in [0.1, 0.15) is 5.82 Å². The zero-order valence-corrected chi connectivity index (χ0v) is 39.0. The second-order valence-corrected chi connectivity index (χ2v) is 18.1. The van der Waals surface area contributed by atoms with Crippen LogP contribution in [0, 0.1) is 18.5 Å². The Balaban J connectivity index is 0.00000616. The third-order valence-corrected chi connectivity index (χ3v) is 12.9. The van der Waals surface area contributed by atoms with E-state index in [0.29, 0.717) is 16.7 Å². The molecule has 322 valence electrons. The maximum Gasteiger partial charge on any atom is 0.268 e. The molecule has 0 saturated heterocycles. The van der Waals surface area contributed by atoms with Gasteiger partial charge in [0.2, 0.25) is 0 Å². The minimum atomic E-state index is -0.561. The first-order chi connectivity index (χ1) is 35.8. The molecule has 11 aromatic rings. The van der Waals surface area contributed by atoms with Crippen molar-refractivity contribution in [2.75, 3.05) is 0 Å². The van der Waals surface area contributed by atoms with Gasteiger partial charge in [-0.25, -0.2) is 4.98 Å². The first-order valence-electron chi connectivity index (χ1n) is 26.7. The van der Waals surface area contributed by atoms with Gasteiger partial charge in [-0.3, -0.25) is 4.57 Å². The molecule has 0 aliphatic heterocycles. The molecule has 66 heavy (non-hydrogen) atoms. The SMILES string of the molecule is [2H]c1c([2H])c([2H])c(-c2cccc(-c3c([2H])c([2H])c([2H])c([2H])c3[2H])c2-[n+]2[c-]n(-c3[c-]c4c(cc3)C(C)(C)c3cccc(-c5[c-]c6c(cc5)c5ccccc5n6-c5cc(C(C)(C)C)ccn5)c3-4)c3ccccc32)c([2H])c1[2H].[Pt]. The fourth-order valence-electron chi connectivity index (χ4n) is 9.70. The van der Waals surface area contributed by atoms with Gasteiger partial charge in [0.25, 0.3) is 6.33 Å². The Hall–Kier alpha value is -7.13. The van der Waals surface area contributed by atoms with Crippen molar-refractivity contribution in [1.82, 2.24) is 14.1 Å². The molecule has 0 saturated carbocycles. The summed E-state index contributed by atoms with van der Waals surface area (Å²) in [6.07, 6.45) is 5.41. The van der Waals surface area contributed by atoms with Crippen LogP contribution < -0.4 is 4.57 Å². The summed E-state index contributed by atoms with van der Waals surface area (Å²) in [4.78, 5) is 4.92. The summed E-state index contributed by atoms with van der Waals surface area (Å²) in [5.74, 6) is 0.813. The van der Waals surface area contributed by atoms with Gasteiger partial charge < -0.3 is 9.13 Å². The summed E-state index contributed by atoms with van der Waals surface area (Å²) < 4.78 is 93.5. The molecule has 0 radical (unpaired) electrons. The third kappa shape index (κ3) is 6.53. The van der Waals surface area contributed by atoms with Crippen molar-refractivity contribution in [1.29, 1.82) is 0 Å². The van der Waals surface area contributed by atoms with Crippen LogP contribution in [0.25, 0.3) is 94.5 Å². The van der Waals surface area contributed by atoms with E-state index in [2.05, 4.69) is 124 Å². The number of imidazole rings is 1. The van der Waals surface area contributed by atoms with Crippen molar-refractivity contribution in [3.8, 4) is 61.7 Å². The van der Waals surface area contributed by atoms with Gasteiger partial charge in [0.15, 0.2) is 0 Å². The quantitative estimate of drug-likeness (QED) is 0.120.